The van der Waals surface area contributed by atoms with Gasteiger partial charge in [0.25, 0.3) is 0 Å². The second-order valence-corrected chi connectivity index (χ2v) is 7.62. The minimum atomic E-state index is -0.0117. The SMILES string of the molecule is CN1C[C@@H](C(=O)N2CCCN(CCCc3ccccc3)CC2)CCC1=O. The first-order valence-electron chi connectivity index (χ1n) is 9.92. The molecule has 1 aromatic rings. The van der Waals surface area contributed by atoms with Crippen LogP contribution < -0.4 is 0 Å². The molecule has 2 aliphatic rings. The summed E-state index contributed by atoms with van der Waals surface area (Å²) in [6, 6.07) is 10.6. The van der Waals surface area contributed by atoms with E-state index >= 15 is 0 Å². The zero-order valence-electron chi connectivity index (χ0n) is 15.9. The summed E-state index contributed by atoms with van der Waals surface area (Å²) in [6.45, 7) is 5.37. The van der Waals surface area contributed by atoms with Crippen molar-refractivity contribution in [2.45, 2.75) is 32.1 Å². The van der Waals surface area contributed by atoms with Crippen LogP contribution in [0.4, 0.5) is 0 Å². The van der Waals surface area contributed by atoms with Crippen molar-refractivity contribution in [3.8, 4) is 0 Å². The average molecular weight is 357 g/mol. The summed E-state index contributed by atoms with van der Waals surface area (Å²) < 4.78 is 0. The maximum absolute atomic E-state index is 12.8. The predicted octanol–water partition coefficient (Wildman–Crippen LogP) is 2.02. The summed E-state index contributed by atoms with van der Waals surface area (Å²) in [5.74, 6) is 0.396. The standard InChI is InChI=1S/C21H31N3O2/c1-22-17-19(10-11-20(22)25)21(26)24-14-6-13-23(15-16-24)12-5-9-18-7-3-2-4-8-18/h2-4,7-8,19H,5-6,9-17H2,1H3/t19-/m0/s1. The van der Waals surface area contributed by atoms with Gasteiger partial charge in [-0.3, -0.25) is 9.59 Å². The number of benzene rings is 1. The van der Waals surface area contributed by atoms with E-state index in [1.807, 2.05) is 4.90 Å². The molecule has 0 unspecified atom stereocenters. The zero-order chi connectivity index (χ0) is 18.4. The third kappa shape index (κ3) is 5.07. The maximum atomic E-state index is 12.8. The van der Waals surface area contributed by atoms with Gasteiger partial charge in [-0.1, -0.05) is 30.3 Å². The van der Waals surface area contributed by atoms with Crippen molar-refractivity contribution in [1.29, 1.82) is 0 Å². The van der Waals surface area contributed by atoms with Gasteiger partial charge in [0, 0.05) is 39.6 Å². The van der Waals surface area contributed by atoms with Crippen molar-refractivity contribution >= 4 is 11.8 Å². The number of hydrogen-bond acceptors (Lipinski definition) is 3. The van der Waals surface area contributed by atoms with Gasteiger partial charge in [-0.2, -0.15) is 0 Å². The van der Waals surface area contributed by atoms with Gasteiger partial charge in [0.05, 0.1) is 5.92 Å². The topological polar surface area (TPSA) is 43.9 Å². The fourth-order valence-corrected chi connectivity index (χ4v) is 4.04. The van der Waals surface area contributed by atoms with Crippen LogP contribution in [-0.2, 0) is 16.0 Å². The Morgan fingerprint density at radius 1 is 1.12 bits per heavy atom. The summed E-state index contributed by atoms with van der Waals surface area (Å²) in [7, 11) is 1.80. The minimum Gasteiger partial charge on any atom is -0.345 e. The molecular weight excluding hydrogens is 326 g/mol. The summed E-state index contributed by atoms with van der Waals surface area (Å²) in [5.41, 5.74) is 1.40. The number of nitrogens with zero attached hydrogens (tertiary/aromatic N) is 3. The van der Waals surface area contributed by atoms with Gasteiger partial charge < -0.3 is 14.7 Å². The largest absolute Gasteiger partial charge is 0.345 e. The fourth-order valence-electron chi connectivity index (χ4n) is 4.04. The molecule has 1 atom stereocenters. The molecule has 3 rings (SSSR count). The Labute approximate surface area is 156 Å². The van der Waals surface area contributed by atoms with E-state index in [1.165, 1.54) is 5.56 Å². The molecule has 0 aromatic heterocycles. The molecule has 0 spiro atoms. The summed E-state index contributed by atoms with van der Waals surface area (Å²) in [5, 5.41) is 0. The molecule has 5 nitrogen and oxygen atoms in total. The first-order valence-corrected chi connectivity index (χ1v) is 9.92. The number of hydrogen-bond donors (Lipinski definition) is 0. The highest BCUT2D eigenvalue weighted by atomic mass is 16.2. The van der Waals surface area contributed by atoms with Crippen molar-refractivity contribution in [3.63, 3.8) is 0 Å². The second kappa shape index (κ2) is 9.17. The molecular formula is C21H31N3O2. The first kappa shape index (κ1) is 18.9. The van der Waals surface area contributed by atoms with Crippen molar-refractivity contribution in [2.75, 3.05) is 46.3 Å². The lowest BCUT2D eigenvalue weighted by Crippen LogP contribution is -2.46. The number of aryl methyl sites for hydroxylation is 1. The van der Waals surface area contributed by atoms with Gasteiger partial charge in [-0.05, 0) is 44.3 Å². The Bertz CT molecular complexity index is 605. The molecule has 1 aromatic carbocycles. The lowest BCUT2D eigenvalue weighted by atomic mass is 9.96. The van der Waals surface area contributed by atoms with Gasteiger partial charge in [0.1, 0.15) is 0 Å². The Kier molecular flexibility index (Phi) is 6.67. The van der Waals surface area contributed by atoms with E-state index in [2.05, 4.69) is 35.2 Å². The summed E-state index contributed by atoms with van der Waals surface area (Å²) in [6.07, 6.45) is 4.53. The van der Waals surface area contributed by atoms with Gasteiger partial charge in [-0.15, -0.1) is 0 Å². The molecule has 2 saturated heterocycles. The quantitative estimate of drug-likeness (QED) is 0.810. The molecule has 2 fully saturated rings. The van der Waals surface area contributed by atoms with Gasteiger partial charge in [0.2, 0.25) is 11.8 Å². The molecule has 142 valence electrons. The van der Waals surface area contributed by atoms with Crippen molar-refractivity contribution in [3.05, 3.63) is 35.9 Å². The Morgan fingerprint density at radius 2 is 1.92 bits per heavy atom. The molecule has 0 saturated carbocycles. The minimum absolute atomic E-state index is 0.0117. The van der Waals surface area contributed by atoms with Crippen LogP contribution in [0.15, 0.2) is 30.3 Å². The smallest absolute Gasteiger partial charge is 0.227 e. The normalized spacial score (nSPS) is 22.3. The number of carbonyl (C=O) groups excluding carboxylic acids is 2. The molecule has 2 heterocycles. The highest BCUT2D eigenvalue weighted by molar-refractivity contribution is 5.83. The van der Waals surface area contributed by atoms with Crippen LogP contribution in [0.5, 0.6) is 0 Å². The molecule has 0 radical (unpaired) electrons. The highest BCUT2D eigenvalue weighted by Crippen LogP contribution is 2.19. The first-order chi connectivity index (χ1) is 12.6. The van der Waals surface area contributed by atoms with Gasteiger partial charge >= 0.3 is 0 Å². The molecule has 5 heteroatoms. The van der Waals surface area contributed by atoms with E-state index in [0.29, 0.717) is 19.4 Å². The molecule has 2 aliphatic heterocycles. The van der Waals surface area contributed by atoms with Crippen LogP contribution in [0.25, 0.3) is 0 Å². The van der Waals surface area contributed by atoms with E-state index in [0.717, 1.165) is 52.0 Å². The summed E-state index contributed by atoms with van der Waals surface area (Å²) >= 11 is 0. The molecule has 0 N–H and O–H groups in total. The van der Waals surface area contributed by atoms with Crippen molar-refractivity contribution in [2.24, 2.45) is 5.92 Å². The monoisotopic (exact) mass is 357 g/mol. The number of carbonyl (C=O) groups is 2. The zero-order valence-corrected chi connectivity index (χ0v) is 15.9. The Hall–Kier alpha value is -1.88. The molecule has 0 bridgehead atoms. The number of likely N-dealkylation sites (tertiary alicyclic amines) is 1. The third-order valence-corrected chi connectivity index (χ3v) is 5.66. The van der Waals surface area contributed by atoms with Gasteiger partial charge in [0.15, 0.2) is 0 Å². The predicted molar refractivity (Wildman–Crippen MR) is 103 cm³/mol. The summed E-state index contributed by atoms with van der Waals surface area (Å²) in [4.78, 5) is 30.7. The molecule has 2 amide bonds. The van der Waals surface area contributed by atoms with Crippen LogP contribution in [0.3, 0.4) is 0 Å². The highest BCUT2D eigenvalue weighted by Gasteiger charge is 2.31. The van der Waals surface area contributed by atoms with E-state index in [-0.39, 0.29) is 17.7 Å². The number of piperidine rings is 1. The lowest BCUT2D eigenvalue weighted by Gasteiger charge is -2.32. The maximum Gasteiger partial charge on any atom is 0.227 e. The van der Waals surface area contributed by atoms with Crippen molar-refractivity contribution < 1.29 is 9.59 Å². The van der Waals surface area contributed by atoms with E-state index in [4.69, 9.17) is 0 Å². The number of rotatable bonds is 5. The Morgan fingerprint density at radius 3 is 2.69 bits per heavy atom. The van der Waals surface area contributed by atoms with Crippen LogP contribution >= 0.6 is 0 Å². The van der Waals surface area contributed by atoms with E-state index < -0.39 is 0 Å². The molecule has 26 heavy (non-hydrogen) atoms. The van der Waals surface area contributed by atoms with Crippen LogP contribution in [0.1, 0.15) is 31.2 Å². The number of amides is 2. The van der Waals surface area contributed by atoms with Gasteiger partial charge in [-0.25, -0.2) is 0 Å². The average Bonchev–Trinajstić information content (AvgIpc) is 2.90. The third-order valence-electron chi connectivity index (χ3n) is 5.66. The van der Waals surface area contributed by atoms with E-state index in [9.17, 15) is 9.59 Å². The van der Waals surface area contributed by atoms with Crippen molar-refractivity contribution in [1.82, 2.24) is 14.7 Å². The Balaban J connectivity index is 1.42. The van der Waals surface area contributed by atoms with E-state index in [1.54, 1.807) is 11.9 Å². The fraction of sp³-hybridized carbons (Fsp3) is 0.619. The lowest BCUT2D eigenvalue weighted by molar-refractivity contribution is -0.142. The van der Waals surface area contributed by atoms with Crippen LogP contribution in [-0.4, -0.2) is 72.8 Å². The van der Waals surface area contributed by atoms with Crippen LogP contribution in [0.2, 0.25) is 0 Å². The second-order valence-electron chi connectivity index (χ2n) is 7.62. The van der Waals surface area contributed by atoms with Crippen LogP contribution in [0, 0.1) is 5.92 Å². The molecule has 0 aliphatic carbocycles.